The molecule has 2 aromatic rings. The van der Waals surface area contributed by atoms with Crippen LogP contribution in [-0.2, 0) is 4.79 Å². The van der Waals surface area contributed by atoms with Gasteiger partial charge in [-0.15, -0.1) is 0 Å². The summed E-state index contributed by atoms with van der Waals surface area (Å²) in [6.07, 6.45) is 1.37. The van der Waals surface area contributed by atoms with Crippen molar-refractivity contribution in [3.05, 3.63) is 59.1 Å². The van der Waals surface area contributed by atoms with Crippen molar-refractivity contribution in [3.63, 3.8) is 0 Å². The first-order valence-electron chi connectivity index (χ1n) is 9.17. The molecule has 148 valence electrons. The SMILES string of the molecule is COc1ccc(Cl)cc1C(=O)N1CCC(NC(=O)COc2ccccc2)CC1. The summed E-state index contributed by atoms with van der Waals surface area (Å²) in [6, 6.07) is 14.2. The monoisotopic (exact) mass is 402 g/mol. The fourth-order valence-electron chi connectivity index (χ4n) is 3.18. The second kappa shape index (κ2) is 9.46. The molecule has 2 amide bonds. The van der Waals surface area contributed by atoms with Crippen molar-refractivity contribution < 1.29 is 19.1 Å². The summed E-state index contributed by atoms with van der Waals surface area (Å²) >= 11 is 6.03. The highest BCUT2D eigenvalue weighted by Gasteiger charge is 2.26. The molecule has 0 radical (unpaired) electrons. The van der Waals surface area contributed by atoms with Crippen LogP contribution in [0.4, 0.5) is 0 Å². The first kappa shape index (κ1) is 20.0. The quantitative estimate of drug-likeness (QED) is 0.806. The zero-order valence-corrected chi connectivity index (χ0v) is 16.4. The highest BCUT2D eigenvalue weighted by Crippen LogP contribution is 2.25. The van der Waals surface area contributed by atoms with E-state index in [1.807, 2.05) is 30.3 Å². The van der Waals surface area contributed by atoms with Gasteiger partial charge in [0, 0.05) is 24.2 Å². The number of carbonyl (C=O) groups excluding carboxylic acids is 2. The molecule has 1 N–H and O–H groups in total. The molecule has 1 fully saturated rings. The van der Waals surface area contributed by atoms with Crippen LogP contribution in [0.1, 0.15) is 23.2 Å². The smallest absolute Gasteiger partial charge is 0.258 e. The molecule has 0 atom stereocenters. The molecule has 0 aliphatic carbocycles. The van der Waals surface area contributed by atoms with E-state index in [4.69, 9.17) is 21.1 Å². The Bertz CT molecular complexity index is 820. The molecule has 1 aliphatic rings. The molecule has 0 saturated carbocycles. The maximum Gasteiger partial charge on any atom is 0.258 e. The number of ether oxygens (including phenoxy) is 2. The number of hydrogen-bond acceptors (Lipinski definition) is 4. The summed E-state index contributed by atoms with van der Waals surface area (Å²) in [5.74, 6) is 0.887. The molecule has 0 aromatic heterocycles. The molecule has 7 heteroatoms. The number of benzene rings is 2. The predicted molar refractivity (Wildman–Crippen MR) is 107 cm³/mol. The van der Waals surface area contributed by atoms with E-state index in [0.717, 1.165) is 0 Å². The number of piperidine rings is 1. The Morgan fingerprint density at radius 3 is 2.54 bits per heavy atom. The number of halogens is 1. The lowest BCUT2D eigenvalue weighted by atomic mass is 10.0. The fourth-order valence-corrected chi connectivity index (χ4v) is 3.35. The van der Waals surface area contributed by atoms with E-state index in [0.29, 0.717) is 48.0 Å². The summed E-state index contributed by atoms with van der Waals surface area (Å²) < 4.78 is 10.7. The van der Waals surface area contributed by atoms with E-state index in [9.17, 15) is 9.59 Å². The minimum Gasteiger partial charge on any atom is -0.496 e. The summed E-state index contributed by atoms with van der Waals surface area (Å²) in [4.78, 5) is 26.7. The highest BCUT2D eigenvalue weighted by molar-refractivity contribution is 6.31. The summed E-state index contributed by atoms with van der Waals surface area (Å²) in [6.45, 7) is 1.08. The van der Waals surface area contributed by atoms with Gasteiger partial charge in [-0.25, -0.2) is 0 Å². The Kier molecular flexibility index (Phi) is 6.76. The summed E-state index contributed by atoms with van der Waals surface area (Å²) in [7, 11) is 1.53. The van der Waals surface area contributed by atoms with Crippen molar-refractivity contribution in [2.45, 2.75) is 18.9 Å². The third-order valence-electron chi connectivity index (χ3n) is 4.65. The van der Waals surface area contributed by atoms with Crippen molar-refractivity contribution in [3.8, 4) is 11.5 Å². The normalized spacial score (nSPS) is 14.4. The van der Waals surface area contributed by atoms with Gasteiger partial charge in [-0.05, 0) is 43.2 Å². The molecule has 3 rings (SSSR count). The Balaban J connectivity index is 1.48. The number of amides is 2. The maximum absolute atomic E-state index is 12.8. The zero-order valence-electron chi connectivity index (χ0n) is 15.7. The van der Waals surface area contributed by atoms with E-state index < -0.39 is 0 Å². The predicted octanol–water partition coefficient (Wildman–Crippen LogP) is 3.15. The third kappa shape index (κ3) is 5.16. The van der Waals surface area contributed by atoms with E-state index in [-0.39, 0.29) is 24.5 Å². The van der Waals surface area contributed by atoms with Crippen molar-refractivity contribution in [2.24, 2.45) is 0 Å². The number of likely N-dealkylation sites (tertiary alicyclic amines) is 1. The van der Waals surface area contributed by atoms with Gasteiger partial charge >= 0.3 is 0 Å². The van der Waals surface area contributed by atoms with Crippen LogP contribution < -0.4 is 14.8 Å². The van der Waals surface area contributed by atoms with Gasteiger partial charge in [0.05, 0.1) is 12.7 Å². The van der Waals surface area contributed by atoms with Gasteiger partial charge in [-0.1, -0.05) is 29.8 Å². The van der Waals surface area contributed by atoms with Gasteiger partial charge in [0.25, 0.3) is 11.8 Å². The van der Waals surface area contributed by atoms with Gasteiger partial charge in [0.1, 0.15) is 11.5 Å². The zero-order chi connectivity index (χ0) is 19.9. The molecule has 1 heterocycles. The molecule has 6 nitrogen and oxygen atoms in total. The lowest BCUT2D eigenvalue weighted by Gasteiger charge is -2.32. The Morgan fingerprint density at radius 2 is 1.86 bits per heavy atom. The van der Waals surface area contributed by atoms with Crippen LogP contribution in [0.15, 0.2) is 48.5 Å². The highest BCUT2D eigenvalue weighted by atomic mass is 35.5. The van der Waals surface area contributed by atoms with Crippen molar-refractivity contribution in [1.29, 1.82) is 0 Å². The van der Waals surface area contributed by atoms with Gasteiger partial charge in [0.2, 0.25) is 0 Å². The number of carbonyl (C=O) groups is 2. The molecule has 0 unspecified atom stereocenters. The topological polar surface area (TPSA) is 67.9 Å². The Hall–Kier alpha value is -2.73. The number of methoxy groups -OCH3 is 1. The standard InChI is InChI=1S/C21H23ClN2O4/c1-27-19-8-7-15(22)13-18(19)21(26)24-11-9-16(10-12-24)23-20(25)14-28-17-5-3-2-4-6-17/h2-8,13,16H,9-12,14H2,1H3,(H,23,25). The minimum absolute atomic E-state index is 0.0249. The maximum atomic E-state index is 12.8. The average Bonchev–Trinajstić information content (AvgIpc) is 2.73. The number of nitrogens with zero attached hydrogens (tertiary/aromatic N) is 1. The second-order valence-electron chi connectivity index (χ2n) is 6.58. The van der Waals surface area contributed by atoms with E-state index in [1.165, 1.54) is 7.11 Å². The molecular weight excluding hydrogens is 380 g/mol. The van der Waals surface area contributed by atoms with Gasteiger partial charge in [0.15, 0.2) is 6.61 Å². The molecular formula is C21H23ClN2O4. The van der Waals surface area contributed by atoms with E-state index >= 15 is 0 Å². The van der Waals surface area contributed by atoms with E-state index in [2.05, 4.69) is 5.32 Å². The van der Waals surface area contributed by atoms with Crippen molar-refractivity contribution in [1.82, 2.24) is 10.2 Å². The molecule has 0 spiro atoms. The molecule has 28 heavy (non-hydrogen) atoms. The van der Waals surface area contributed by atoms with Crippen LogP contribution >= 0.6 is 11.6 Å². The van der Waals surface area contributed by atoms with Crippen LogP contribution in [0, 0.1) is 0 Å². The molecule has 0 bridgehead atoms. The largest absolute Gasteiger partial charge is 0.496 e. The lowest BCUT2D eigenvalue weighted by molar-refractivity contribution is -0.124. The Labute approximate surface area is 169 Å². The first-order chi connectivity index (χ1) is 13.6. The van der Waals surface area contributed by atoms with Crippen LogP contribution in [0.25, 0.3) is 0 Å². The van der Waals surface area contributed by atoms with Crippen molar-refractivity contribution in [2.75, 3.05) is 26.8 Å². The number of para-hydroxylation sites is 1. The number of rotatable bonds is 6. The second-order valence-corrected chi connectivity index (χ2v) is 7.02. The fraction of sp³-hybridized carbons (Fsp3) is 0.333. The van der Waals surface area contributed by atoms with Crippen LogP contribution in [-0.4, -0.2) is 49.6 Å². The molecule has 1 saturated heterocycles. The van der Waals surface area contributed by atoms with Gasteiger partial charge in [-0.3, -0.25) is 9.59 Å². The minimum atomic E-state index is -0.162. The third-order valence-corrected chi connectivity index (χ3v) is 4.89. The van der Waals surface area contributed by atoms with Crippen LogP contribution in [0.3, 0.4) is 0 Å². The average molecular weight is 403 g/mol. The lowest BCUT2D eigenvalue weighted by Crippen LogP contribution is -2.47. The van der Waals surface area contributed by atoms with Crippen LogP contribution in [0.2, 0.25) is 5.02 Å². The number of hydrogen-bond donors (Lipinski definition) is 1. The number of nitrogens with one attached hydrogen (secondary N) is 1. The van der Waals surface area contributed by atoms with Crippen molar-refractivity contribution >= 4 is 23.4 Å². The molecule has 1 aliphatic heterocycles. The molecule has 2 aromatic carbocycles. The van der Waals surface area contributed by atoms with Gasteiger partial charge < -0.3 is 19.7 Å². The summed E-state index contributed by atoms with van der Waals surface area (Å²) in [5, 5.41) is 3.46. The first-order valence-corrected chi connectivity index (χ1v) is 9.54. The van der Waals surface area contributed by atoms with Crippen LogP contribution in [0.5, 0.6) is 11.5 Å². The Morgan fingerprint density at radius 1 is 1.14 bits per heavy atom. The summed E-state index contributed by atoms with van der Waals surface area (Å²) in [5.41, 5.74) is 0.453. The van der Waals surface area contributed by atoms with E-state index in [1.54, 1.807) is 23.1 Å². The van der Waals surface area contributed by atoms with Gasteiger partial charge in [-0.2, -0.15) is 0 Å².